The maximum Gasteiger partial charge on any atom is 0.323 e. The average molecular weight is 384 g/mol. The molecule has 29 heavy (non-hydrogen) atoms. The molecule has 0 saturated carbocycles. The van der Waals surface area contributed by atoms with Gasteiger partial charge in [0.25, 0.3) is 0 Å². The molecule has 2 N–H and O–H groups in total. The van der Waals surface area contributed by atoms with Gasteiger partial charge in [0.1, 0.15) is 6.04 Å². The van der Waals surface area contributed by atoms with Crippen molar-refractivity contribution < 1.29 is 9.53 Å². The number of para-hydroxylation sites is 1. The van der Waals surface area contributed by atoms with Crippen molar-refractivity contribution in [2.75, 3.05) is 7.11 Å². The first-order valence-corrected chi connectivity index (χ1v) is 9.75. The number of rotatable bonds is 7. The van der Waals surface area contributed by atoms with Gasteiger partial charge in [-0.25, -0.2) is 0 Å². The Hall–Kier alpha value is -3.37. The Balaban J connectivity index is 1.67. The van der Waals surface area contributed by atoms with Crippen LogP contribution in [0.4, 0.5) is 0 Å². The minimum absolute atomic E-state index is 0.119. The highest BCUT2D eigenvalue weighted by atomic mass is 16.5. The molecule has 0 aliphatic carbocycles. The van der Waals surface area contributed by atoms with Crippen LogP contribution in [0.15, 0.2) is 91.1 Å². The van der Waals surface area contributed by atoms with E-state index in [1.165, 1.54) is 7.11 Å². The van der Waals surface area contributed by atoms with Crippen LogP contribution in [-0.2, 0) is 16.0 Å². The molecule has 0 bridgehead atoms. The van der Waals surface area contributed by atoms with Crippen molar-refractivity contribution in [2.45, 2.75) is 18.5 Å². The van der Waals surface area contributed by atoms with Crippen LogP contribution in [0.5, 0.6) is 0 Å². The molecule has 0 amide bonds. The lowest BCUT2D eigenvalue weighted by Gasteiger charge is -2.25. The predicted molar refractivity (Wildman–Crippen MR) is 116 cm³/mol. The molecular formula is C25H24N2O2. The quantitative estimate of drug-likeness (QED) is 0.457. The molecule has 1 atom stereocenters. The second-order valence-corrected chi connectivity index (χ2v) is 7.06. The van der Waals surface area contributed by atoms with Crippen LogP contribution < -0.4 is 5.32 Å². The summed E-state index contributed by atoms with van der Waals surface area (Å²) >= 11 is 0. The van der Waals surface area contributed by atoms with Gasteiger partial charge in [-0.05, 0) is 22.8 Å². The molecule has 0 unspecified atom stereocenters. The van der Waals surface area contributed by atoms with Crippen molar-refractivity contribution in [1.29, 1.82) is 0 Å². The summed E-state index contributed by atoms with van der Waals surface area (Å²) < 4.78 is 5.13. The lowest BCUT2D eigenvalue weighted by atomic mass is 9.96. The van der Waals surface area contributed by atoms with Crippen LogP contribution in [0.1, 0.15) is 22.7 Å². The summed E-state index contributed by atoms with van der Waals surface area (Å²) in [7, 11) is 1.44. The van der Waals surface area contributed by atoms with E-state index in [0.717, 1.165) is 27.6 Å². The molecule has 0 aliphatic rings. The second-order valence-electron chi connectivity index (χ2n) is 7.06. The van der Waals surface area contributed by atoms with E-state index in [1.54, 1.807) is 0 Å². The fraction of sp³-hybridized carbons (Fsp3) is 0.160. The number of hydrogen-bond donors (Lipinski definition) is 2. The van der Waals surface area contributed by atoms with E-state index >= 15 is 0 Å². The normalized spacial score (nSPS) is 12.2. The topological polar surface area (TPSA) is 54.1 Å². The molecule has 0 spiro atoms. The lowest BCUT2D eigenvalue weighted by molar-refractivity contribution is -0.143. The van der Waals surface area contributed by atoms with Gasteiger partial charge in [0, 0.05) is 23.5 Å². The zero-order valence-electron chi connectivity index (χ0n) is 16.3. The van der Waals surface area contributed by atoms with Crippen molar-refractivity contribution in [2.24, 2.45) is 0 Å². The number of ether oxygens (including phenoxy) is 1. The molecule has 4 rings (SSSR count). The number of aromatic nitrogens is 1. The van der Waals surface area contributed by atoms with Crippen molar-refractivity contribution in [3.05, 3.63) is 108 Å². The van der Waals surface area contributed by atoms with Gasteiger partial charge in [0.15, 0.2) is 0 Å². The minimum atomic E-state index is -0.482. The van der Waals surface area contributed by atoms with Crippen molar-refractivity contribution in [1.82, 2.24) is 10.3 Å². The van der Waals surface area contributed by atoms with Gasteiger partial charge >= 0.3 is 5.97 Å². The summed E-state index contributed by atoms with van der Waals surface area (Å²) in [4.78, 5) is 16.0. The van der Waals surface area contributed by atoms with Crippen LogP contribution in [0.3, 0.4) is 0 Å². The summed E-state index contributed by atoms with van der Waals surface area (Å²) in [6, 6.07) is 27.9. The Morgan fingerprint density at radius 1 is 0.897 bits per heavy atom. The first kappa shape index (κ1) is 19.0. The third-order valence-electron chi connectivity index (χ3n) is 5.22. The maximum absolute atomic E-state index is 12.7. The number of methoxy groups -OCH3 is 1. The van der Waals surface area contributed by atoms with Gasteiger partial charge in [-0.3, -0.25) is 10.1 Å². The first-order valence-electron chi connectivity index (χ1n) is 9.75. The van der Waals surface area contributed by atoms with E-state index in [9.17, 15) is 4.79 Å². The Morgan fingerprint density at radius 2 is 1.48 bits per heavy atom. The molecule has 4 aromatic rings. The number of carbonyl (C=O) groups is 1. The summed E-state index contributed by atoms with van der Waals surface area (Å²) in [6.45, 7) is 0. The van der Waals surface area contributed by atoms with Gasteiger partial charge < -0.3 is 9.72 Å². The second kappa shape index (κ2) is 8.76. The van der Waals surface area contributed by atoms with Gasteiger partial charge in [-0.15, -0.1) is 0 Å². The number of nitrogens with one attached hydrogen (secondary N) is 2. The minimum Gasteiger partial charge on any atom is -0.468 e. The zero-order chi connectivity index (χ0) is 20.1. The molecule has 1 heterocycles. The molecule has 0 aliphatic heterocycles. The monoisotopic (exact) mass is 384 g/mol. The largest absolute Gasteiger partial charge is 0.468 e. The Kier molecular flexibility index (Phi) is 5.73. The molecule has 0 fully saturated rings. The van der Waals surface area contributed by atoms with E-state index < -0.39 is 6.04 Å². The molecule has 0 radical (unpaired) electrons. The highest BCUT2D eigenvalue weighted by molar-refractivity contribution is 5.84. The van der Waals surface area contributed by atoms with Crippen LogP contribution in [0, 0.1) is 0 Å². The van der Waals surface area contributed by atoms with Gasteiger partial charge in [-0.2, -0.15) is 0 Å². The SMILES string of the molecule is COC(=O)[C@@H](Cc1c[nH]c2ccccc12)NC(c1ccccc1)c1ccccc1. The molecule has 0 saturated heterocycles. The highest BCUT2D eigenvalue weighted by Gasteiger charge is 2.26. The average Bonchev–Trinajstić information content (AvgIpc) is 3.20. The summed E-state index contributed by atoms with van der Waals surface area (Å²) in [6.07, 6.45) is 2.51. The van der Waals surface area contributed by atoms with E-state index in [1.807, 2.05) is 60.8 Å². The van der Waals surface area contributed by atoms with Crippen LogP contribution in [0.2, 0.25) is 0 Å². The maximum atomic E-state index is 12.7. The number of benzene rings is 3. The third-order valence-corrected chi connectivity index (χ3v) is 5.22. The number of carbonyl (C=O) groups excluding carboxylic acids is 1. The van der Waals surface area contributed by atoms with Gasteiger partial charge in [0.2, 0.25) is 0 Å². The van der Waals surface area contributed by atoms with Crippen molar-refractivity contribution in [3.8, 4) is 0 Å². The van der Waals surface area contributed by atoms with Crippen LogP contribution in [0.25, 0.3) is 10.9 Å². The number of fused-ring (bicyclic) bond motifs is 1. The van der Waals surface area contributed by atoms with Crippen molar-refractivity contribution >= 4 is 16.9 Å². The number of aromatic amines is 1. The molecule has 146 valence electrons. The number of hydrogen-bond acceptors (Lipinski definition) is 3. The number of esters is 1. The van der Waals surface area contributed by atoms with E-state index in [4.69, 9.17) is 4.74 Å². The van der Waals surface area contributed by atoms with Crippen molar-refractivity contribution in [3.63, 3.8) is 0 Å². The predicted octanol–water partition coefficient (Wildman–Crippen LogP) is 4.63. The fourth-order valence-electron chi connectivity index (χ4n) is 3.75. The fourth-order valence-corrected chi connectivity index (χ4v) is 3.75. The first-order chi connectivity index (χ1) is 14.3. The van der Waals surface area contributed by atoms with E-state index in [2.05, 4.69) is 40.6 Å². The molecule has 4 nitrogen and oxygen atoms in total. The lowest BCUT2D eigenvalue weighted by Crippen LogP contribution is -2.42. The zero-order valence-corrected chi connectivity index (χ0v) is 16.3. The van der Waals surface area contributed by atoms with Crippen LogP contribution in [-0.4, -0.2) is 24.1 Å². The Bertz CT molecular complexity index is 1030. The highest BCUT2D eigenvalue weighted by Crippen LogP contribution is 2.25. The summed E-state index contributed by atoms with van der Waals surface area (Å²) in [5.74, 6) is -0.271. The Labute approximate surface area is 170 Å². The molecule has 3 aromatic carbocycles. The molecular weight excluding hydrogens is 360 g/mol. The van der Waals surface area contributed by atoms with E-state index in [-0.39, 0.29) is 12.0 Å². The summed E-state index contributed by atoms with van der Waals surface area (Å²) in [5, 5.41) is 4.68. The third kappa shape index (κ3) is 4.23. The standard InChI is InChI=1S/C25H24N2O2/c1-29-25(28)23(16-20-17-26-22-15-9-8-14-21(20)22)27-24(18-10-4-2-5-11-18)19-12-6-3-7-13-19/h2-15,17,23-24,26-27H,16H2,1H3/t23-/m1/s1. The van der Waals surface area contributed by atoms with E-state index in [0.29, 0.717) is 6.42 Å². The number of H-pyrrole nitrogens is 1. The molecule has 4 heteroatoms. The smallest absolute Gasteiger partial charge is 0.323 e. The molecule has 1 aromatic heterocycles. The van der Waals surface area contributed by atoms with Gasteiger partial charge in [0.05, 0.1) is 13.2 Å². The summed E-state index contributed by atoms with van der Waals surface area (Å²) in [5.41, 5.74) is 4.36. The van der Waals surface area contributed by atoms with Gasteiger partial charge in [-0.1, -0.05) is 78.9 Å². The Morgan fingerprint density at radius 3 is 2.10 bits per heavy atom. The van der Waals surface area contributed by atoms with Crippen LogP contribution >= 0.6 is 0 Å².